The first-order chi connectivity index (χ1) is 7.35. The van der Waals surface area contributed by atoms with Gasteiger partial charge in [0.2, 0.25) is 0 Å². The molecule has 3 nitrogen and oxygen atoms in total. The molecule has 16 heavy (non-hydrogen) atoms. The maximum Gasteiger partial charge on any atom is 0.316 e. The van der Waals surface area contributed by atoms with E-state index < -0.39 is 5.41 Å². The van der Waals surface area contributed by atoms with Crippen molar-refractivity contribution in [3.8, 4) is 11.5 Å². The highest BCUT2D eigenvalue weighted by molar-refractivity contribution is 5.78. The Bertz CT molecular complexity index is 374. The number of esters is 1. The van der Waals surface area contributed by atoms with Crippen molar-refractivity contribution in [1.82, 2.24) is 0 Å². The second kappa shape index (κ2) is 4.56. The van der Waals surface area contributed by atoms with Crippen molar-refractivity contribution >= 4 is 5.97 Å². The summed E-state index contributed by atoms with van der Waals surface area (Å²) in [6, 6.07) is 4.78. The van der Waals surface area contributed by atoms with Crippen LogP contribution < -0.4 is 4.74 Å². The van der Waals surface area contributed by atoms with Gasteiger partial charge in [0.05, 0.1) is 5.41 Å². The monoisotopic (exact) mass is 222 g/mol. The summed E-state index contributed by atoms with van der Waals surface area (Å²) >= 11 is 0. The molecule has 0 heterocycles. The summed E-state index contributed by atoms with van der Waals surface area (Å²) in [4.78, 5) is 11.8. The van der Waals surface area contributed by atoms with E-state index in [1.165, 1.54) is 6.07 Å². The highest BCUT2D eigenvalue weighted by Gasteiger charge is 2.27. The molecule has 1 aromatic carbocycles. The maximum atomic E-state index is 11.8. The zero-order valence-corrected chi connectivity index (χ0v) is 10.2. The zero-order valence-electron chi connectivity index (χ0n) is 10.2. The summed E-state index contributed by atoms with van der Waals surface area (Å²) in [5.41, 5.74) is 0.358. The Balaban J connectivity index is 2.85. The van der Waals surface area contributed by atoms with Crippen LogP contribution in [-0.4, -0.2) is 11.1 Å². The fourth-order valence-electron chi connectivity index (χ4n) is 1.18. The highest BCUT2D eigenvalue weighted by Crippen LogP contribution is 2.26. The fraction of sp³-hybridized carbons (Fsp3) is 0.462. The van der Waals surface area contributed by atoms with Gasteiger partial charge in [-0.1, -0.05) is 6.92 Å². The molecule has 1 aromatic rings. The van der Waals surface area contributed by atoms with Crippen molar-refractivity contribution < 1.29 is 14.6 Å². The third-order valence-corrected chi connectivity index (χ3v) is 2.68. The second-order valence-corrected chi connectivity index (χ2v) is 4.63. The Labute approximate surface area is 96.1 Å². The SMILES string of the molecule is CCC(C)(C)C(=O)Oc1cc(C)cc(O)c1. The van der Waals surface area contributed by atoms with E-state index in [0.29, 0.717) is 12.2 Å². The lowest BCUT2D eigenvalue weighted by molar-refractivity contribution is -0.144. The minimum Gasteiger partial charge on any atom is -0.508 e. The first-order valence-corrected chi connectivity index (χ1v) is 5.38. The van der Waals surface area contributed by atoms with Crippen molar-refractivity contribution in [3.05, 3.63) is 23.8 Å². The largest absolute Gasteiger partial charge is 0.508 e. The minimum absolute atomic E-state index is 0.108. The van der Waals surface area contributed by atoms with Gasteiger partial charge in [-0.25, -0.2) is 0 Å². The molecule has 3 heteroatoms. The number of rotatable bonds is 3. The van der Waals surface area contributed by atoms with Crippen LogP contribution in [0.15, 0.2) is 18.2 Å². The van der Waals surface area contributed by atoms with Crippen LogP contribution in [0.2, 0.25) is 0 Å². The number of benzene rings is 1. The van der Waals surface area contributed by atoms with Gasteiger partial charge in [0, 0.05) is 6.07 Å². The molecule has 0 aromatic heterocycles. The predicted octanol–water partition coefficient (Wildman–Crippen LogP) is 3.04. The molecule has 0 bridgehead atoms. The molecule has 0 unspecified atom stereocenters. The van der Waals surface area contributed by atoms with E-state index in [9.17, 15) is 9.90 Å². The van der Waals surface area contributed by atoms with Gasteiger partial charge in [-0.3, -0.25) is 4.79 Å². The maximum absolute atomic E-state index is 11.8. The third kappa shape index (κ3) is 2.99. The van der Waals surface area contributed by atoms with Gasteiger partial charge in [0.25, 0.3) is 0 Å². The summed E-state index contributed by atoms with van der Waals surface area (Å²) in [5.74, 6) is 0.223. The minimum atomic E-state index is -0.501. The molecule has 0 spiro atoms. The Morgan fingerprint density at radius 3 is 2.50 bits per heavy atom. The fourth-order valence-corrected chi connectivity index (χ4v) is 1.18. The average molecular weight is 222 g/mol. The van der Waals surface area contributed by atoms with Crippen LogP contribution in [0, 0.1) is 12.3 Å². The zero-order chi connectivity index (χ0) is 12.3. The van der Waals surface area contributed by atoms with Gasteiger partial charge < -0.3 is 9.84 Å². The van der Waals surface area contributed by atoms with Crippen molar-refractivity contribution in [3.63, 3.8) is 0 Å². The van der Waals surface area contributed by atoms with E-state index in [1.54, 1.807) is 12.1 Å². The normalized spacial score (nSPS) is 11.2. The van der Waals surface area contributed by atoms with E-state index in [0.717, 1.165) is 5.56 Å². The quantitative estimate of drug-likeness (QED) is 0.631. The van der Waals surface area contributed by atoms with Crippen LogP contribution in [0.1, 0.15) is 32.8 Å². The highest BCUT2D eigenvalue weighted by atomic mass is 16.5. The lowest BCUT2D eigenvalue weighted by Gasteiger charge is -2.20. The molecule has 0 amide bonds. The average Bonchev–Trinajstić information content (AvgIpc) is 2.15. The molecule has 0 aliphatic rings. The first-order valence-electron chi connectivity index (χ1n) is 5.38. The van der Waals surface area contributed by atoms with Crippen LogP contribution in [0.3, 0.4) is 0 Å². The Hall–Kier alpha value is -1.51. The van der Waals surface area contributed by atoms with Gasteiger partial charge in [0.1, 0.15) is 11.5 Å². The Morgan fingerprint density at radius 1 is 1.38 bits per heavy atom. The van der Waals surface area contributed by atoms with Gasteiger partial charge in [-0.05, 0) is 44.9 Å². The molecule has 1 rings (SSSR count). The molecule has 0 radical (unpaired) electrons. The summed E-state index contributed by atoms with van der Waals surface area (Å²) < 4.78 is 5.23. The number of phenols is 1. The second-order valence-electron chi connectivity index (χ2n) is 4.63. The summed E-state index contributed by atoms with van der Waals surface area (Å²) in [5, 5.41) is 9.38. The number of carbonyl (C=O) groups excluding carboxylic acids is 1. The van der Waals surface area contributed by atoms with Crippen molar-refractivity contribution in [1.29, 1.82) is 0 Å². The Kier molecular flexibility index (Phi) is 3.58. The molecule has 0 saturated heterocycles. The van der Waals surface area contributed by atoms with Crippen LogP contribution in [0.25, 0.3) is 0 Å². The molecule has 0 saturated carbocycles. The molecular formula is C13H18O3. The molecule has 0 atom stereocenters. The van der Waals surface area contributed by atoms with E-state index >= 15 is 0 Å². The lowest BCUT2D eigenvalue weighted by Crippen LogP contribution is -2.28. The molecule has 0 fully saturated rings. The van der Waals surface area contributed by atoms with Crippen molar-refractivity contribution in [2.24, 2.45) is 5.41 Å². The van der Waals surface area contributed by atoms with E-state index in [1.807, 2.05) is 27.7 Å². The summed E-state index contributed by atoms with van der Waals surface area (Å²) in [7, 11) is 0. The third-order valence-electron chi connectivity index (χ3n) is 2.68. The number of phenolic OH excluding ortho intramolecular Hbond substituents is 1. The number of ether oxygens (including phenoxy) is 1. The van der Waals surface area contributed by atoms with Crippen LogP contribution in [-0.2, 0) is 4.79 Å². The van der Waals surface area contributed by atoms with Crippen LogP contribution in [0.5, 0.6) is 11.5 Å². The van der Waals surface area contributed by atoms with E-state index in [-0.39, 0.29) is 11.7 Å². The van der Waals surface area contributed by atoms with E-state index in [2.05, 4.69) is 0 Å². The van der Waals surface area contributed by atoms with Gasteiger partial charge in [-0.2, -0.15) is 0 Å². The number of aryl methyl sites for hydroxylation is 1. The standard InChI is InChI=1S/C13H18O3/c1-5-13(3,4)12(15)16-11-7-9(2)6-10(14)8-11/h6-8,14H,5H2,1-4H3. The number of hydrogen-bond donors (Lipinski definition) is 1. The Morgan fingerprint density at radius 2 is 2.00 bits per heavy atom. The van der Waals surface area contributed by atoms with Crippen molar-refractivity contribution in [2.45, 2.75) is 34.1 Å². The topological polar surface area (TPSA) is 46.5 Å². The molecular weight excluding hydrogens is 204 g/mol. The number of hydrogen-bond acceptors (Lipinski definition) is 3. The predicted molar refractivity (Wildman–Crippen MR) is 62.6 cm³/mol. The van der Waals surface area contributed by atoms with Crippen molar-refractivity contribution in [2.75, 3.05) is 0 Å². The molecule has 0 aliphatic heterocycles. The number of carbonyl (C=O) groups is 1. The van der Waals surface area contributed by atoms with Gasteiger partial charge in [0.15, 0.2) is 0 Å². The van der Waals surface area contributed by atoms with Gasteiger partial charge in [-0.15, -0.1) is 0 Å². The van der Waals surface area contributed by atoms with Crippen LogP contribution in [0.4, 0.5) is 0 Å². The number of aromatic hydroxyl groups is 1. The first kappa shape index (κ1) is 12.6. The summed E-state index contributed by atoms with van der Waals surface area (Å²) in [6.45, 7) is 7.45. The molecule has 0 aliphatic carbocycles. The molecule has 1 N–H and O–H groups in total. The lowest BCUT2D eigenvalue weighted by atomic mass is 9.91. The van der Waals surface area contributed by atoms with E-state index in [4.69, 9.17) is 4.74 Å². The molecule has 88 valence electrons. The van der Waals surface area contributed by atoms with Crippen LogP contribution >= 0.6 is 0 Å². The smallest absolute Gasteiger partial charge is 0.316 e. The summed E-state index contributed by atoms with van der Waals surface area (Å²) in [6.07, 6.45) is 0.712. The van der Waals surface area contributed by atoms with Gasteiger partial charge >= 0.3 is 5.97 Å².